The Balaban J connectivity index is 2.81. The average molecular weight is 260 g/mol. The first-order chi connectivity index (χ1) is 6.67. The lowest BCUT2D eigenvalue weighted by Gasteiger charge is -2.07. The lowest BCUT2D eigenvalue weighted by Crippen LogP contribution is -2.34. The second-order valence-electron chi connectivity index (χ2n) is 2.45. The van der Waals surface area contributed by atoms with E-state index in [1.54, 1.807) is 25.3 Å². The van der Waals surface area contributed by atoms with Gasteiger partial charge in [0.2, 0.25) is 0 Å². The summed E-state index contributed by atoms with van der Waals surface area (Å²) >= 11 is 3.29. The van der Waals surface area contributed by atoms with E-state index in [0.29, 0.717) is 11.4 Å². The molecular weight excluding hydrogens is 250 g/mol. The van der Waals surface area contributed by atoms with E-state index in [1.807, 2.05) is 5.43 Å². The minimum atomic E-state index is -0.470. The van der Waals surface area contributed by atoms with Gasteiger partial charge in [-0.3, -0.25) is 5.43 Å². The predicted molar refractivity (Wildman–Crippen MR) is 57.0 cm³/mol. The predicted octanol–water partition coefficient (Wildman–Crippen LogP) is 1.45. The topological polar surface area (TPSA) is 76.4 Å². The van der Waals surface area contributed by atoms with Crippen molar-refractivity contribution in [3.05, 3.63) is 22.7 Å². The van der Waals surface area contributed by atoms with E-state index in [1.165, 1.54) is 0 Å². The van der Waals surface area contributed by atoms with Crippen LogP contribution in [0.5, 0.6) is 5.75 Å². The van der Waals surface area contributed by atoms with Gasteiger partial charge in [0.15, 0.2) is 0 Å². The van der Waals surface area contributed by atoms with Gasteiger partial charge in [-0.25, -0.2) is 10.6 Å². The van der Waals surface area contributed by atoms with Crippen LogP contribution in [-0.4, -0.2) is 13.1 Å². The zero-order valence-electron chi connectivity index (χ0n) is 7.50. The number of benzene rings is 1. The molecule has 4 N–H and O–H groups in total. The van der Waals surface area contributed by atoms with Gasteiger partial charge in [-0.15, -0.1) is 0 Å². The molecule has 0 saturated carbocycles. The lowest BCUT2D eigenvalue weighted by atomic mass is 10.3. The Bertz CT molecular complexity index is 343. The molecule has 0 unspecified atom stereocenters. The van der Waals surface area contributed by atoms with Crippen LogP contribution in [0.2, 0.25) is 0 Å². The molecule has 0 radical (unpaired) electrons. The summed E-state index contributed by atoms with van der Waals surface area (Å²) in [6.07, 6.45) is 0. The zero-order chi connectivity index (χ0) is 10.6. The number of anilines is 1. The number of amides is 2. The molecule has 0 spiro atoms. The van der Waals surface area contributed by atoms with Crippen molar-refractivity contribution in [3.8, 4) is 5.75 Å². The molecule has 0 fully saturated rings. The van der Waals surface area contributed by atoms with Crippen LogP contribution in [0.25, 0.3) is 0 Å². The molecule has 1 rings (SSSR count). The van der Waals surface area contributed by atoms with Crippen LogP contribution in [-0.2, 0) is 0 Å². The van der Waals surface area contributed by atoms with E-state index in [4.69, 9.17) is 10.6 Å². The molecule has 0 aliphatic rings. The van der Waals surface area contributed by atoms with Crippen LogP contribution < -0.4 is 21.3 Å². The largest absolute Gasteiger partial charge is 0.496 e. The fourth-order valence-electron chi connectivity index (χ4n) is 0.911. The first-order valence-electron chi connectivity index (χ1n) is 3.78. The summed E-state index contributed by atoms with van der Waals surface area (Å²) < 4.78 is 5.79. The van der Waals surface area contributed by atoms with Crippen molar-refractivity contribution in [2.75, 3.05) is 12.4 Å². The molecule has 76 valence electrons. The molecule has 0 aliphatic heterocycles. The normalized spacial score (nSPS) is 9.36. The van der Waals surface area contributed by atoms with E-state index in [0.717, 1.165) is 4.47 Å². The molecule has 0 aliphatic carbocycles. The second-order valence-corrected chi connectivity index (χ2v) is 3.30. The van der Waals surface area contributed by atoms with Gasteiger partial charge >= 0.3 is 6.03 Å². The van der Waals surface area contributed by atoms with Gasteiger partial charge in [-0.2, -0.15) is 0 Å². The summed E-state index contributed by atoms with van der Waals surface area (Å²) in [6.45, 7) is 0. The highest BCUT2D eigenvalue weighted by Gasteiger charge is 2.03. The molecule has 14 heavy (non-hydrogen) atoms. The summed E-state index contributed by atoms with van der Waals surface area (Å²) in [7, 11) is 1.57. The van der Waals surface area contributed by atoms with Gasteiger partial charge in [0.25, 0.3) is 0 Å². The van der Waals surface area contributed by atoms with Gasteiger partial charge in [-0.05, 0) is 34.1 Å². The molecule has 0 saturated heterocycles. The maximum Gasteiger partial charge on any atom is 0.333 e. The van der Waals surface area contributed by atoms with Crippen LogP contribution in [0.15, 0.2) is 22.7 Å². The highest BCUT2D eigenvalue weighted by molar-refractivity contribution is 9.10. The van der Waals surface area contributed by atoms with Gasteiger partial charge < -0.3 is 10.1 Å². The molecule has 1 aromatic rings. The molecule has 0 atom stereocenters. The van der Waals surface area contributed by atoms with Gasteiger partial charge in [0, 0.05) is 5.69 Å². The Morgan fingerprint density at radius 2 is 2.29 bits per heavy atom. The minimum Gasteiger partial charge on any atom is -0.496 e. The van der Waals surface area contributed by atoms with Crippen molar-refractivity contribution < 1.29 is 9.53 Å². The van der Waals surface area contributed by atoms with Crippen molar-refractivity contribution >= 4 is 27.6 Å². The number of rotatable bonds is 2. The Kier molecular flexibility index (Phi) is 3.73. The Morgan fingerprint density at radius 3 is 2.79 bits per heavy atom. The monoisotopic (exact) mass is 259 g/mol. The molecule has 2 amide bonds. The first kappa shape index (κ1) is 10.8. The third-order valence-electron chi connectivity index (χ3n) is 1.54. The number of hydrazine groups is 1. The number of carbonyl (C=O) groups is 1. The van der Waals surface area contributed by atoms with Crippen LogP contribution in [0.4, 0.5) is 10.5 Å². The number of methoxy groups -OCH3 is 1. The van der Waals surface area contributed by atoms with Crippen molar-refractivity contribution in [2.24, 2.45) is 5.84 Å². The summed E-state index contributed by atoms with van der Waals surface area (Å²) in [5, 5.41) is 2.52. The van der Waals surface area contributed by atoms with Crippen molar-refractivity contribution in [3.63, 3.8) is 0 Å². The number of carbonyl (C=O) groups excluding carboxylic acids is 1. The number of nitrogens with one attached hydrogen (secondary N) is 2. The molecule has 1 aromatic carbocycles. The molecule has 0 bridgehead atoms. The summed E-state index contributed by atoms with van der Waals surface area (Å²) in [6, 6.07) is 4.69. The van der Waals surface area contributed by atoms with E-state index >= 15 is 0 Å². The van der Waals surface area contributed by atoms with E-state index in [2.05, 4.69) is 21.2 Å². The van der Waals surface area contributed by atoms with Gasteiger partial charge in [0.1, 0.15) is 5.75 Å². The molecule has 0 heterocycles. The summed E-state index contributed by atoms with van der Waals surface area (Å²) in [5.74, 6) is 5.61. The molecule has 5 nitrogen and oxygen atoms in total. The number of halogens is 1. The van der Waals surface area contributed by atoms with Crippen molar-refractivity contribution in [1.82, 2.24) is 5.43 Å². The second kappa shape index (κ2) is 4.83. The maximum absolute atomic E-state index is 10.9. The van der Waals surface area contributed by atoms with Crippen molar-refractivity contribution in [1.29, 1.82) is 0 Å². The molecular formula is C8H10BrN3O2. The Labute approximate surface area is 89.7 Å². The average Bonchev–Trinajstić information content (AvgIpc) is 2.18. The summed E-state index contributed by atoms with van der Waals surface area (Å²) in [5.41, 5.74) is 2.59. The number of nitrogens with two attached hydrogens (primary N) is 1. The molecule has 0 aromatic heterocycles. The summed E-state index contributed by atoms with van der Waals surface area (Å²) in [4.78, 5) is 10.9. The van der Waals surface area contributed by atoms with Gasteiger partial charge in [0.05, 0.1) is 11.6 Å². The van der Waals surface area contributed by atoms with E-state index < -0.39 is 6.03 Å². The Morgan fingerprint density at radius 1 is 1.57 bits per heavy atom. The molecule has 6 heteroatoms. The number of urea groups is 1. The quantitative estimate of drug-likeness (QED) is 0.428. The Hall–Kier alpha value is -1.27. The minimum absolute atomic E-state index is 0.470. The van der Waals surface area contributed by atoms with Crippen LogP contribution in [0.1, 0.15) is 0 Å². The highest BCUT2D eigenvalue weighted by atomic mass is 79.9. The fraction of sp³-hybridized carbons (Fsp3) is 0.125. The van der Waals surface area contributed by atoms with Crippen molar-refractivity contribution in [2.45, 2.75) is 0 Å². The van der Waals surface area contributed by atoms with Crippen LogP contribution in [0, 0.1) is 0 Å². The van der Waals surface area contributed by atoms with E-state index in [-0.39, 0.29) is 0 Å². The van der Waals surface area contributed by atoms with Gasteiger partial charge in [-0.1, -0.05) is 0 Å². The number of hydrogen-bond donors (Lipinski definition) is 3. The number of ether oxygens (including phenoxy) is 1. The third kappa shape index (κ3) is 2.61. The lowest BCUT2D eigenvalue weighted by molar-refractivity contribution is 0.252. The standard InChI is InChI=1S/C8H10BrN3O2/c1-14-7-3-2-5(4-6(7)9)11-8(13)12-10/h2-4H,10H2,1H3,(H2,11,12,13). The first-order valence-corrected chi connectivity index (χ1v) is 4.58. The number of hydrogen-bond acceptors (Lipinski definition) is 3. The maximum atomic E-state index is 10.9. The van der Waals surface area contributed by atoms with Crippen LogP contribution >= 0.6 is 15.9 Å². The smallest absolute Gasteiger partial charge is 0.333 e. The zero-order valence-corrected chi connectivity index (χ0v) is 9.09. The SMILES string of the molecule is COc1ccc(NC(=O)NN)cc1Br. The van der Waals surface area contributed by atoms with Crippen LogP contribution in [0.3, 0.4) is 0 Å². The van der Waals surface area contributed by atoms with E-state index in [9.17, 15) is 4.79 Å². The third-order valence-corrected chi connectivity index (χ3v) is 2.16. The highest BCUT2D eigenvalue weighted by Crippen LogP contribution is 2.27. The fourth-order valence-corrected chi connectivity index (χ4v) is 1.45.